The lowest BCUT2D eigenvalue weighted by atomic mass is 10.1. The van der Waals surface area contributed by atoms with Crippen LogP contribution in [0.4, 0.5) is 11.4 Å². The molecule has 0 spiro atoms. The molecule has 100 valence electrons. The van der Waals surface area contributed by atoms with Gasteiger partial charge in [-0.3, -0.25) is 4.79 Å². The van der Waals surface area contributed by atoms with Crippen LogP contribution in [-0.4, -0.2) is 13.0 Å². The van der Waals surface area contributed by atoms with Crippen LogP contribution in [0, 0.1) is 0 Å². The molecule has 1 aromatic heterocycles. The van der Waals surface area contributed by atoms with Crippen molar-refractivity contribution < 1.29 is 9.53 Å². The minimum atomic E-state index is -0.156. The van der Waals surface area contributed by atoms with Crippen molar-refractivity contribution in [3.63, 3.8) is 0 Å². The minimum Gasteiger partial charge on any atom is -0.496 e. The van der Waals surface area contributed by atoms with Crippen LogP contribution in [0.5, 0.6) is 5.75 Å². The fourth-order valence-corrected chi connectivity index (χ4v) is 2.48. The van der Waals surface area contributed by atoms with Gasteiger partial charge in [0.05, 0.1) is 12.0 Å². The normalized spacial score (nSPS) is 10.2. The van der Waals surface area contributed by atoms with E-state index in [-0.39, 0.29) is 5.91 Å². The van der Waals surface area contributed by atoms with Crippen LogP contribution in [0.3, 0.4) is 0 Å². The van der Waals surface area contributed by atoms with E-state index in [4.69, 9.17) is 10.5 Å². The van der Waals surface area contributed by atoms with Crippen molar-refractivity contribution in [1.82, 2.24) is 0 Å². The Balaban J connectivity index is 2.12. The number of methoxy groups -OCH3 is 1. The predicted molar refractivity (Wildman–Crippen MR) is 79.1 cm³/mol. The predicted octanol–water partition coefficient (Wildman–Crippen LogP) is 3.15. The van der Waals surface area contributed by atoms with Crippen LogP contribution in [0.2, 0.25) is 0 Å². The number of hydrogen-bond acceptors (Lipinski definition) is 4. The Hall–Kier alpha value is -2.01. The first-order chi connectivity index (χ1) is 9.13. The Kier molecular flexibility index (Phi) is 4.06. The number of rotatable bonds is 4. The standard InChI is InChI=1S/C14H16N2O2S/c1-3-9-4-5-10(6-12(9)15)16-14(17)13-7-11(18-2)8-19-13/h4-8H,3,15H2,1-2H3,(H,16,17). The highest BCUT2D eigenvalue weighted by atomic mass is 32.1. The Labute approximate surface area is 116 Å². The van der Waals surface area contributed by atoms with Crippen molar-refractivity contribution >= 4 is 28.6 Å². The fourth-order valence-electron chi connectivity index (χ4n) is 1.73. The van der Waals surface area contributed by atoms with E-state index in [9.17, 15) is 4.79 Å². The van der Waals surface area contributed by atoms with Gasteiger partial charge in [0.25, 0.3) is 5.91 Å². The summed E-state index contributed by atoms with van der Waals surface area (Å²) in [5.41, 5.74) is 8.38. The van der Waals surface area contributed by atoms with E-state index in [1.54, 1.807) is 24.6 Å². The van der Waals surface area contributed by atoms with Crippen molar-refractivity contribution in [1.29, 1.82) is 0 Å². The monoisotopic (exact) mass is 276 g/mol. The van der Waals surface area contributed by atoms with Gasteiger partial charge in [-0.15, -0.1) is 11.3 Å². The number of nitrogens with one attached hydrogen (secondary N) is 1. The van der Waals surface area contributed by atoms with Crippen LogP contribution in [-0.2, 0) is 6.42 Å². The number of thiophene rings is 1. The summed E-state index contributed by atoms with van der Waals surface area (Å²) in [5, 5.41) is 4.62. The van der Waals surface area contributed by atoms with E-state index >= 15 is 0 Å². The lowest BCUT2D eigenvalue weighted by molar-refractivity contribution is 0.103. The van der Waals surface area contributed by atoms with E-state index in [0.29, 0.717) is 22.0 Å². The molecule has 0 atom stereocenters. The maximum absolute atomic E-state index is 12.0. The number of amides is 1. The molecule has 4 nitrogen and oxygen atoms in total. The molecular formula is C14H16N2O2S. The first-order valence-electron chi connectivity index (χ1n) is 5.96. The van der Waals surface area contributed by atoms with E-state index in [0.717, 1.165) is 12.0 Å². The van der Waals surface area contributed by atoms with Gasteiger partial charge in [-0.25, -0.2) is 0 Å². The van der Waals surface area contributed by atoms with Crippen LogP contribution in [0.15, 0.2) is 29.6 Å². The van der Waals surface area contributed by atoms with Gasteiger partial charge in [-0.1, -0.05) is 13.0 Å². The molecular weight excluding hydrogens is 260 g/mol. The SMILES string of the molecule is CCc1ccc(NC(=O)c2cc(OC)cs2)cc1N. The number of aryl methyl sites for hydroxylation is 1. The highest BCUT2D eigenvalue weighted by Gasteiger charge is 2.10. The summed E-state index contributed by atoms with van der Waals surface area (Å²) in [7, 11) is 1.58. The van der Waals surface area contributed by atoms with Crippen molar-refractivity contribution in [2.45, 2.75) is 13.3 Å². The third-order valence-electron chi connectivity index (χ3n) is 2.82. The third kappa shape index (κ3) is 3.06. The van der Waals surface area contributed by atoms with Gasteiger partial charge in [0.15, 0.2) is 0 Å². The highest BCUT2D eigenvalue weighted by Crippen LogP contribution is 2.23. The van der Waals surface area contributed by atoms with Gasteiger partial charge >= 0.3 is 0 Å². The molecule has 3 N–H and O–H groups in total. The summed E-state index contributed by atoms with van der Waals surface area (Å²) in [4.78, 5) is 12.6. The summed E-state index contributed by atoms with van der Waals surface area (Å²) in [6.07, 6.45) is 0.877. The zero-order chi connectivity index (χ0) is 13.8. The number of ether oxygens (including phenoxy) is 1. The smallest absolute Gasteiger partial charge is 0.265 e. The molecule has 0 unspecified atom stereocenters. The molecule has 0 saturated carbocycles. The highest BCUT2D eigenvalue weighted by molar-refractivity contribution is 7.12. The molecule has 0 aliphatic heterocycles. The summed E-state index contributed by atoms with van der Waals surface area (Å²) in [5.74, 6) is 0.535. The van der Waals surface area contributed by atoms with E-state index < -0.39 is 0 Å². The Morgan fingerprint density at radius 3 is 2.79 bits per heavy atom. The number of nitrogen functional groups attached to an aromatic ring is 1. The Bertz CT molecular complexity index is 593. The van der Waals surface area contributed by atoms with E-state index in [1.807, 2.05) is 19.1 Å². The third-order valence-corrected chi connectivity index (χ3v) is 3.73. The first kappa shape index (κ1) is 13.4. The lowest BCUT2D eigenvalue weighted by Gasteiger charge is -2.07. The summed E-state index contributed by atoms with van der Waals surface area (Å²) in [6.45, 7) is 2.04. The molecule has 1 aromatic carbocycles. The molecule has 0 bridgehead atoms. The molecule has 0 saturated heterocycles. The average Bonchev–Trinajstić information content (AvgIpc) is 2.88. The van der Waals surface area contributed by atoms with Gasteiger partial charge < -0.3 is 15.8 Å². The van der Waals surface area contributed by atoms with Crippen LogP contribution >= 0.6 is 11.3 Å². The number of anilines is 2. The molecule has 0 radical (unpaired) electrons. The molecule has 5 heteroatoms. The number of carbonyl (C=O) groups excluding carboxylic acids is 1. The molecule has 1 amide bonds. The van der Waals surface area contributed by atoms with Crippen LogP contribution in [0.25, 0.3) is 0 Å². The summed E-state index contributed by atoms with van der Waals surface area (Å²) < 4.78 is 5.06. The van der Waals surface area contributed by atoms with Gasteiger partial charge in [0, 0.05) is 22.8 Å². The van der Waals surface area contributed by atoms with Crippen molar-refractivity contribution in [2.24, 2.45) is 0 Å². The molecule has 2 rings (SSSR count). The Morgan fingerprint density at radius 2 is 2.21 bits per heavy atom. The number of carbonyl (C=O) groups is 1. The lowest BCUT2D eigenvalue weighted by Crippen LogP contribution is -2.10. The van der Waals surface area contributed by atoms with Crippen molar-refractivity contribution in [2.75, 3.05) is 18.2 Å². The quantitative estimate of drug-likeness (QED) is 0.843. The molecule has 0 aliphatic rings. The zero-order valence-corrected chi connectivity index (χ0v) is 11.7. The van der Waals surface area contributed by atoms with Gasteiger partial charge in [-0.2, -0.15) is 0 Å². The number of nitrogens with two attached hydrogens (primary N) is 1. The number of benzene rings is 1. The molecule has 2 aromatic rings. The molecule has 1 heterocycles. The first-order valence-corrected chi connectivity index (χ1v) is 6.84. The maximum Gasteiger partial charge on any atom is 0.265 e. The average molecular weight is 276 g/mol. The second-order valence-corrected chi connectivity index (χ2v) is 4.98. The zero-order valence-electron chi connectivity index (χ0n) is 10.9. The van der Waals surface area contributed by atoms with Crippen LogP contribution < -0.4 is 15.8 Å². The minimum absolute atomic E-state index is 0.156. The summed E-state index contributed by atoms with van der Waals surface area (Å²) >= 11 is 1.35. The van der Waals surface area contributed by atoms with Crippen molar-refractivity contribution in [3.05, 3.63) is 40.1 Å². The van der Waals surface area contributed by atoms with E-state index in [1.165, 1.54) is 11.3 Å². The van der Waals surface area contributed by atoms with Crippen LogP contribution in [0.1, 0.15) is 22.2 Å². The topological polar surface area (TPSA) is 64.3 Å². The summed E-state index contributed by atoms with van der Waals surface area (Å²) in [6, 6.07) is 7.28. The second kappa shape index (κ2) is 5.75. The molecule has 19 heavy (non-hydrogen) atoms. The largest absolute Gasteiger partial charge is 0.496 e. The van der Waals surface area contributed by atoms with Gasteiger partial charge in [0.1, 0.15) is 5.75 Å². The van der Waals surface area contributed by atoms with Crippen molar-refractivity contribution in [3.8, 4) is 5.75 Å². The Morgan fingerprint density at radius 1 is 1.42 bits per heavy atom. The molecule has 0 aliphatic carbocycles. The maximum atomic E-state index is 12.0. The van der Waals surface area contributed by atoms with E-state index in [2.05, 4.69) is 5.32 Å². The molecule has 0 fully saturated rings. The fraction of sp³-hybridized carbons (Fsp3) is 0.214. The van der Waals surface area contributed by atoms with Gasteiger partial charge in [0.2, 0.25) is 0 Å². The number of hydrogen-bond donors (Lipinski definition) is 2. The second-order valence-electron chi connectivity index (χ2n) is 4.07. The van der Waals surface area contributed by atoms with Gasteiger partial charge in [-0.05, 0) is 24.1 Å².